The van der Waals surface area contributed by atoms with Crippen LogP contribution < -0.4 is 0 Å². The van der Waals surface area contributed by atoms with Gasteiger partial charge in [0.05, 0.1) is 28.1 Å². The molecule has 53 heavy (non-hydrogen) atoms. The summed E-state index contributed by atoms with van der Waals surface area (Å²) in [6.45, 7) is 4.69. The zero-order valence-electron chi connectivity index (χ0n) is 29.3. The molecule has 3 aromatic heterocycles. The quantitative estimate of drug-likeness (QED) is 0.186. The van der Waals surface area contributed by atoms with Crippen molar-refractivity contribution in [2.75, 3.05) is 0 Å². The van der Waals surface area contributed by atoms with Crippen LogP contribution in [-0.2, 0) is 5.41 Å². The lowest BCUT2D eigenvalue weighted by Gasteiger charge is -2.22. The van der Waals surface area contributed by atoms with E-state index in [1.807, 2.05) is 18.2 Å². The minimum Gasteiger partial charge on any atom is -0.456 e. The molecule has 0 radical (unpaired) electrons. The van der Waals surface area contributed by atoms with Crippen LogP contribution in [0, 0.1) is 0 Å². The normalized spacial score (nSPS) is 13.2. The van der Waals surface area contributed by atoms with Crippen LogP contribution in [0.15, 0.2) is 168 Å². The molecule has 0 atom stereocenters. The Morgan fingerprint density at radius 1 is 0.453 bits per heavy atom. The highest BCUT2D eigenvalue weighted by molar-refractivity contribution is 6.12. The smallest absolute Gasteiger partial charge is 0.162 e. The first-order valence-electron chi connectivity index (χ1n) is 18.2. The molecule has 1 aliphatic carbocycles. The van der Waals surface area contributed by atoms with E-state index in [1.165, 1.54) is 38.5 Å². The molecule has 0 aliphatic heterocycles. The number of rotatable bonds is 4. The number of nitrogens with zero attached hydrogens (tertiary/aromatic N) is 3. The third-order valence-electron chi connectivity index (χ3n) is 11.2. The summed E-state index contributed by atoms with van der Waals surface area (Å²) < 4.78 is 8.73. The highest BCUT2D eigenvalue weighted by atomic mass is 16.3. The average Bonchev–Trinajstić information content (AvgIpc) is 3.82. The van der Waals surface area contributed by atoms with E-state index in [9.17, 15) is 0 Å². The van der Waals surface area contributed by atoms with E-state index in [0.29, 0.717) is 5.82 Å². The molecule has 0 saturated carbocycles. The molecule has 4 nitrogen and oxygen atoms in total. The third-order valence-corrected chi connectivity index (χ3v) is 11.2. The molecule has 250 valence electrons. The van der Waals surface area contributed by atoms with Crippen LogP contribution in [0.5, 0.6) is 0 Å². The number of fused-ring (bicyclic) bond motifs is 9. The lowest BCUT2D eigenvalue weighted by Crippen LogP contribution is -2.15. The van der Waals surface area contributed by atoms with Gasteiger partial charge >= 0.3 is 0 Å². The Labute approximate surface area is 306 Å². The highest BCUT2D eigenvalue weighted by Gasteiger charge is 2.36. The van der Waals surface area contributed by atoms with Crippen LogP contribution in [0.2, 0.25) is 0 Å². The summed E-state index contributed by atoms with van der Waals surface area (Å²) in [7, 11) is 0. The number of furan rings is 1. The standard InChI is InChI=1S/C49H33N3O/c1-49(2)39-20-10-6-16-32(39)37-27-38-33-17-7-11-21-43(33)52(45(38)28-40(37)49)44-22-12-8-19-36(44)48-50-41(30-14-4-3-5-15-30)29-42(51-48)31-24-25-35-34-18-9-13-23-46(34)53-47(35)26-31/h3-29H,1-2H3. The summed E-state index contributed by atoms with van der Waals surface area (Å²) >= 11 is 0. The van der Waals surface area contributed by atoms with Crippen molar-refractivity contribution in [2.24, 2.45) is 0 Å². The molecule has 11 rings (SSSR count). The van der Waals surface area contributed by atoms with Gasteiger partial charge in [-0.05, 0) is 76.9 Å². The Bertz CT molecular complexity index is 3090. The van der Waals surface area contributed by atoms with Crippen LogP contribution in [0.4, 0.5) is 0 Å². The molecule has 4 heteroatoms. The van der Waals surface area contributed by atoms with E-state index in [0.717, 1.165) is 61.2 Å². The molecule has 0 bridgehead atoms. The van der Waals surface area contributed by atoms with Crippen molar-refractivity contribution in [1.82, 2.24) is 14.5 Å². The zero-order valence-corrected chi connectivity index (χ0v) is 29.3. The minimum atomic E-state index is -0.121. The van der Waals surface area contributed by atoms with Crippen molar-refractivity contribution in [2.45, 2.75) is 19.3 Å². The summed E-state index contributed by atoms with van der Waals surface area (Å²) in [5, 5.41) is 4.67. The molecule has 7 aromatic carbocycles. The van der Waals surface area contributed by atoms with Gasteiger partial charge in [-0.3, -0.25) is 0 Å². The van der Waals surface area contributed by atoms with Crippen molar-refractivity contribution < 1.29 is 4.42 Å². The zero-order chi connectivity index (χ0) is 35.3. The molecule has 10 aromatic rings. The van der Waals surface area contributed by atoms with E-state index in [-0.39, 0.29) is 5.41 Å². The van der Waals surface area contributed by atoms with E-state index in [1.54, 1.807) is 0 Å². The number of benzene rings is 7. The van der Waals surface area contributed by atoms with E-state index < -0.39 is 0 Å². The van der Waals surface area contributed by atoms with Gasteiger partial charge in [-0.1, -0.05) is 123 Å². The van der Waals surface area contributed by atoms with E-state index in [2.05, 4.69) is 164 Å². The van der Waals surface area contributed by atoms with Crippen LogP contribution in [0.3, 0.4) is 0 Å². The first-order chi connectivity index (χ1) is 26.0. The minimum absolute atomic E-state index is 0.121. The lowest BCUT2D eigenvalue weighted by molar-refractivity contribution is 0.661. The van der Waals surface area contributed by atoms with Gasteiger partial charge in [0.15, 0.2) is 5.82 Å². The van der Waals surface area contributed by atoms with Crippen molar-refractivity contribution >= 4 is 43.7 Å². The van der Waals surface area contributed by atoms with Crippen LogP contribution in [0.25, 0.3) is 94.5 Å². The second-order valence-corrected chi connectivity index (χ2v) is 14.6. The maximum atomic E-state index is 6.31. The molecule has 3 heterocycles. The Morgan fingerprint density at radius 2 is 1.13 bits per heavy atom. The van der Waals surface area contributed by atoms with Crippen molar-refractivity contribution in [1.29, 1.82) is 0 Å². The Hall–Kier alpha value is -6.78. The molecule has 0 saturated heterocycles. The summed E-state index contributed by atoms with van der Waals surface area (Å²) in [6.07, 6.45) is 0. The third kappa shape index (κ3) is 4.42. The predicted octanol–water partition coefficient (Wildman–Crippen LogP) is 12.8. The Morgan fingerprint density at radius 3 is 2.00 bits per heavy atom. The van der Waals surface area contributed by atoms with E-state index >= 15 is 0 Å². The van der Waals surface area contributed by atoms with Gasteiger partial charge in [-0.15, -0.1) is 0 Å². The van der Waals surface area contributed by atoms with Crippen LogP contribution in [-0.4, -0.2) is 14.5 Å². The summed E-state index contributed by atoms with van der Waals surface area (Å²) in [5.74, 6) is 0.668. The fourth-order valence-corrected chi connectivity index (χ4v) is 8.64. The lowest BCUT2D eigenvalue weighted by atomic mass is 9.82. The van der Waals surface area contributed by atoms with Crippen molar-refractivity contribution in [3.63, 3.8) is 0 Å². The topological polar surface area (TPSA) is 43.9 Å². The Balaban J connectivity index is 1.16. The fraction of sp³-hybridized carbons (Fsp3) is 0.0612. The van der Waals surface area contributed by atoms with Gasteiger partial charge in [-0.25, -0.2) is 9.97 Å². The van der Waals surface area contributed by atoms with Gasteiger partial charge in [-0.2, -0.15) is 0 Å². The SMILES string of the molecule is CC1(C)c2ccccc2-c2cc3c4ccccc4n(-c4ccccc4-c4nc(-c5ccccc5)cc(-c5ccc6c(c5)oc5ccccc56)n4)c3cc21. The van der Waals surface area contributed by atoms with Crippen molar-refractivity contribution in [3.05, 3.63) is 175 Å². The molecule has 0 unspecified atom stereocenters. The molecule has 0 amide bonds. The summed E-state index contributed by atoms with van der Waals surface area (Å²) in [5.41, 5.74) is 15.0. The summed E-state index contributed by atoms with van der Waals surface area (Å²) in [4.78, 5) is 10.6. The first kappa shape index (κ1) is 29.9. The second-order valence-electron chi connectivity index (χ2n) is 14.6. The van der Waals surface area contributed by atoms with Gasteiger partial charge in [0.1, 0.15) is 11.2 Å². The van der Waals surface area contributed by atoms with Crippen LogP contribution >= 0.6 is 0 Å². The summed E-state index contributed by atoms with van der Waals surface area (Å²) in [6, 6.07) is 58.0. The molecule has 0 fully saturated rings. The Kier molecular flexibility index (Phi) is 6.27. The molecule has 0 N–H and O–H groups in total. The van der Waals surface area contributed by atoms with Gasteiger partial charge in [0.2, 0.25) is 0 Å². The number of hydrogen-bond acceptors (Lipinski definition) is 3. The monoisotopic (exact) mass is 679 g/mol. The maximum Gasteiger partial charge on any atom is 0.162 e. The average molecular weight is 680 g/mol. The number of aromatic nitrogens is 3. The maximum absolute atomic E-state index is 6.31. The van der Waals surface area contributed by atoms with Gasteiger partial charge in [0.25, 0.3) is 0 Å². The number of para-hydroxylation sites is 3. The highest BCUT2D eigenvalue weighted by Crippen LogP contribution is 2.51. The number of hydrogen-bond donors (Lipinski definition) is 0. The molecule has 0 spiro atoms. The van der Waals surface area contributed by atoms with Gasteiger partial charge < -0.3 is 8.98 Å². The van der Waals surface area contributed by atoms with Crippen LogP contribution in [0.1, 0.15) is 25.0 Å². The molecular weight excluding hydrogens is 647 g/mol. The second kappa shape index (κ2) is 11.1. The van der Waals surface area contributed by atoms with Gasteiger partial charge in [0, 0.05) is 43.7 Å². The molecule has 1 aliphatic rings. The van der Waals surface area contributed by atoms with E-state index in [4.69, 9.17) is 14.4 Å². The van der Waals surface area contributed by atoms with Crippen molar-refractivity contribution in [3.8, 4) is 50.7 Å². The predicted molar refractivity (Wildman–Crippen MR) is 218 cm³/mol. The fourth-order valence-electron chi connectivity index (χ4n) is 8.64. The largest absolute Gasteiger partial charge is 0.456 e. The first-order valence-corrected chi connectivity index (χ1v) is 18.2. The molecular formula is C49H33N3O.